The number of ether oxygens (including phenoxy) is 2. The molecule has 0 saturated heterocycles. The molecule has 0 N–H and O–H groups in total. The maximum Gasteiger partial charge on any atom is 0.123 e. The molecule has 2 rings (SSSR count). The largest absolute Gasteiger partial charge is 0.497 e. The molecule has 0 fully saturated rings. The summed E-state index contributed by atoms with van der Waals surface area (Å²) < 4.78 is 11.0. The van der Waals surface area contributed by atoms with E-state index in [1.54, 1.807) is 7.11 Å². The van der Waals surface area contributed by atoms with Crippen LogP contribution in [-0.2, 0) is 11.9 Å². The number of alkyl halides is 1. The van der Waals surface area contributed by atoms with E-state index in [9.17, 15) is 0 Å². The van der Waals surface area contributed by atoms with Crippen LogP contribution < -0.4 is 9.47 Å². The van der Waals surface area contributed by atoms with Crippen molar-refractivity contribution in [1.82, 2.24) is 0 Å². The maximum absolute atomic E-state index is 5.83. The molecule has 0 bridgehead atoms. The van der Waals surface area contributed by atoms with Gasteiger partial charge in [0.05, 0.1) is 7.11 Å². The standard InChI is InChI=1S/C15H15BrO2/c1-17-14-7-4-5-12(9-14)11-18-15-8-3-2-6-13(15)10-16/h2-9H,10-11H2,1H3. The molecule has 0 radical (unpaired) electrons. The van der Waals surface area contributed by atoms with E-state index in [1.807, 2.05) is 42.5 Å². The normalized spacial score (nSPS) is 10.1. The van der Waals surface area contributed by atoms with Gasteiger partial charge in [0.25, 0.3) is 0 Å². The summed E-state index contributed by atoms with van der Waals surface area (Å²) in [7, 11) is 1.67. The highest BCUT2D eigenvalue weighted by Gasteiger charge is 2.02. The van der Waals surface area contributed by atoms with Gasteiger partial charge in [0, 0.05) is 10.9 Å². The highest BCUT2D eigenvalue weighted by molar-refractivity contribution is 9.08. The van der Waals surface area contributed by atoms with E-state index in [4.69, 9.17) is 9.47 Å². The highest BCUT2D eigenvalue weighted by atomic mass is 79.9. The van der Waals surface area contributed by atoms with Crippen molar-refractivity contribution < 1.29 is 9.47 Å². The summed E-state index contributed by atoms with van der Waals surface area (Å²) in [5.74, 6) is 1.77. The third kappa shape index (κ3) is 3.26. The lowest BCUT2D eigenvalue weighted by molar-refractivity contribution is 0.303. The van der Waals surface area contributed by atoms with E-state index >= 15 is 0 Å². The molecule has 2 aromatic rings. The molecule has 0 aliphatic carbocycles. The molecule has 0 aromatic heterocycles. The zero-order valence-corrected chi connectivity index (χ0v) is 11.8. The molecule has 0 aliphatic rings. The first-order chi connectivity index (χ1) is 8.83. The van der Waals surface area contributed by atoms with Crippen LogP contribution in [0.3, 0.4) is 0 Å². The number of hydrogen-bond donors (Lipinski definition) is 0. The fourth-order valence-corrected chi connectivity index (χ4v) is 2.14. The van der Waals surface area contributed by atoms with Crippen LogP contribution in [0.15, 0.2) is 48.5 Å². The Morgan fingerprint density at radius 3 is 2.67 bits per heavy atom. The van der Waals surface area contributed by atoms with E-state index in [-0.39, 0.29) is 0 Å². The lowest BCUT2D eigenvalue weighted by Crippen LogP contribution is -1.98. The first kappa shape index (κ1) is 13.0. The van der Waals surface area contributed by atoms with Crippen molar-refractivity contribution in [3.8, 4) is 11.5 Å². The van der Waals surface area contributed by atoms with Crippen molar-refractivity contribution >= 4 is 15.9 Å². The maximum atomic E-state index is 5.83. The second-order valence-corrected chi connectivity index (χ2v) is 4.44. The number of methoxy groups -OCH3 is 1. The summed E-state index contributed by atoms with van der Waals surface area (Å²) in [6, 6.07) is 15.9. The van der Waals surface area contributed by atoms with Gasteiger partial charge in [-0.05, 0) is 23.8 Å². The molecule has 0 saturated carbocycles. The second-order valence-electron chi connectivity index (χ2n) is 3.88. The number of rotatable bonds is 5. The van der Waals surface area contributed by atoms with E-state index in [0.717, 1.165) is 28.0 Å². The Hall–Kier alpha value is -1.48. The minimum absolute atomic E-state index is 0.543. The predicted molar refractivity (Wildman–Crippen MR) is 76.4 cm³/mol. The number of benzene rings is 2. The predicted octanol–water partition coefficient (Wildman–Crippen LogP) is 4.17. The van der Waals surface area contributed by atoms with Gasteiger partial charge in [0.1, 0.15) is 18.1 Å². The van der Waals surface area contributed by atoms with E-state index < -0.39 is 0 Å². The van der Waals surface area contributed by atoms with Crippen molar-refractivity contribution in [2.45, 2.75) is 11.9 Å². The van der Waals surface area contributed by atoms with E-state index in [0.29, 0.717) is 6.61 Å². The van der Waals surface area contributed by atoms with Gasteiger partial charge in [-0.1, -0.05) is 46.3 Å². The van der Waals surface area contributed by atoms with Gasteiger partial charge >= 0.3 is 0 Å². The van der Waals surface area contributed by atoms with Gasteiger partial charge in [-0.15, -0.1) is 0 Å². The van der Waals surface area contributed by atoms with Crippen LogP contribution in [0.2, 0.25) is 0 Å². The lowest BCUT2D eigenvalue weighted by Gasteiger charge is -2.10. The Morgan fingerprint density at radius 1 is 1.06 bits per heavy atom. The van der Waals surface area contributed by atoms with Crippen molar-refractivity contribution in [3.63, 3.8) is 0 Å². The summed E-state index contributed by atoms with van der Waals surface area (Å²) in [6.45, 7) is 0.543. The van der Waals surface area contributed by atoms with Crippen LogP contribution in [0.4, 0.5) is 0 Å². The van der Waals surface area contributed by atoms with Crippen molar-refractivity contribution in [2.24, 2.45) is 0 Å². The monoisotopic (exact) mass is 306 g/mol. The zero-order chi connectivity index (χ0) is 12.8. The minimum atomic E-state index is 0.543. The van der Waals surface area contributed by atoms with Gasteiger partial charge < -0.3 is 9.47 Å². The molecular formula is C15H15BrO2. The third-order valence-corrected chi connectivity index (χ3v) is 3.25. The summed E-state index contributed by atoms with van der Waals surface area (Å²) in [5, 5.41) is 0.793. The topological polar surface area (TPSA) is 18.5 Å². The highest BCUT2D eigenvalue weighted by Crippen LogP contribution is 2.22. The van der Waals surface area contributed by atoms with Crippen molar-refractivity contribution in [2.75, 3.05) is 7.11 Å². The smallest absolute Gasteiger partial charge is 0.123 e. The number of halogens is 1. The minimum Gasteiger partial charge on any atom is -0.497 e. The molecule has 0 unspecified atom stereocenters. The molecular weight excluding hydrogens is 292 g/mol. The van der Waals surface area contributed by atoms with Gasteiger partial charge in [-0.2, -0.15) is 0 Å². The van der Waals surface area contributed by atoms with Crippen molar-refractivity contribution in [1.29, 1.82) is 0 Å². The summed E-state index contributed by atoms with van der Waals surface area (Å²) in [5.41, 5.74) is 2.25. The van der Waals surface area contributed by atoms with Crippen LogP contribution in [0.25, 0.3) is 0 Å². The average molecular weight is 307 g/mol. The van der Waals surface area contributed by atoms with Gasteiger partial charge in [0.2, 0.25) is 0 Å². The molecule has 0 spiro atoms. The van der Waals surface area contributed by atoms with Gasteiger partial charge in [0.15, 0.2) is 0 Å². The van der Waals surface area contributed by atoms with Crippen LogP contribution in [-0.4, -0.2) is 7.11 Å². The lowest BCUT2D eigenvalue weighted by atomic mass is 10.2. The molecule has 18 heavy (non-hydrogen) atoms. The zero-order valence-electron chi connectivity index (χ0n) is 10.2. The first-order valence-corrected chi connectivity index (χ1v) is 6.85. The molecule has 0 atom stereocenters. The van der Waals surface area contributed by atoms with Gasteiger partial charge in [-0.3, -0.25) is 0 Å². The molecule has 0 aliphatic heterocycles. The fraction of sp³-hybridized carbons (Fsp3) is 0.200. The third-order valence-electron chi connectivity index (χ3n) is 2.65. The summed E-state index contributed by atoms with van der Waals surface area (Å²) in [6.07, 6.45) is 0. The van der Waals surface area contributed by atoms with Gasteiger partial charge in [-0.25, -0.2) is 0 Å². The molecule has 94 valence electrons. The molecule has 2 nitrogen and oxygen atoms in total. The quantitative estimate of drug-likeness (QED) is 0.772. The van der Waals surface area contributed by atoms with Crippen LogP contribution in [0.5, 0.6) is 11.5 Å². The summed E-state index contributed by atoms with van der Waals surface area (Å²) in [4.78, 5) is 0. The Morgan fingerprint density at radius 2 is 1.89 bits per heavy atom. The van der Waals surface area contributed by atoms with Crippen LogP contribution >= 0.6 is 15.9 Å². The fourth-order valence-electron chi connectivity index (χ4n) is 1.68. The number of para-hydroxylation sites is 1. The van der Waals surface area contributed by atoms with Crippen molar-refractivity contribution in [3.05, 3.63) is 59.7 Å². The molecule has 0 amide bonds. The molecule has 2 aromatic carbocycles. The second kappa shape index (κ2) is 6.45. The Kier molecular flexibility index (Phi) is 4.65. The average Bonchev–Trinajstić information content (AvgIpc) is 2.45. The SMILES string of the molecule is COc1cccc(COc2ccccc2CBr)c1. The molecule has 0 heterocycles. The summed E-state index contributed by atoms with van der Waals surface area (Å²) >= 11 is 3.46. The first-order valence-electron chi connectivity index (χ1n) is 5.73. The Labute approximate surface area is 116 Å². The number of hydrogen-bond acceptors (Lipinski definition) is 2. The van der Waals surface area contributed by atoms with Crippen LogP contribution in [0, 0.1) is 0 Å². The van der Waals surface area contributed by atoms with E-state index in [2.05, 4.69) is 22.0 Å². The van der Waals surface area contributed by atoms with Crippen LogP contribution in [0.1, 0.15) is 11.1 Å². The van der Waals surface area contributed by atoms with E-state index in [1.165, 1.54) is 0 Å². The molecule has 3 heteroatoms. The Bertz CT molecular complexity index is 511. The Balaban J connectivity index is 2.06.